The molecule has 6 nitrogen and oxygen atoms in total. The summed E-state index contributed by atoms with van der Waals surface area (Å²) in [5, 5.41) is 2.89. The second-order valence-electron chi connectivity index (χ2n) is 6.08. The van der Waals surface area contributed by atoms with Crippen molar-refractivity contribution in [3.8, 4) is 0 Å². The minimum atomic E-state index is -0.0147. The van der Waals surface area contributed by atoms with Crippen molar-refractivity contribution >= 4 is 48.0 Å². The first-order chi connectivity index (χ1) is 10.5. The predicted molar refractivity (Wildman–Crippen MR) is 101 cm³/mol. The Morgan fingerprint density at radius 3 is 2.54 bits per heavy atom. The number of likely N-dealkylation sites (tertiary alicyclic amines) is 1. The Morgan fingerprint density at radius 1 is 1.21 bits per heavy atom. The molecule has 0 unspecified atom stereocenters. The van der Waals surface area contributed by atoms with Crippen LogP contribution in [0.25, 0.3) is 0 Å². The van der Waals surface area contributed by atoms with Crippen molar-refractivity contribution in [1.29, 1.82) is 0 Å². The molecule has 2 aliphatic heterocycles. The van der Waals surface area contributed by atoms with Gasteiger partial charge in [-0.05, 0) is 31.0 Å². The normalized spacial score (nSPS) is 17.8. The van der Waals surface area contributed by atoms with E-state index in [1.807, 2.05) is 29.0 Å². The molecule has 1 saturated heterocycles. The topological polar surface area (TPSA) is 78.7 Å². The van der Waals surface area contributed by atoms with Crippen LogP contribution in [0.4, 0.5) is 11.4 Å². The van der Waals surface area contributed by atoms with Crippen molar-refractivity contribution in [3.05, 3.63) is 23.8 Å². The third kappa shape index (κ3) is 4.32. The number of carbonyl (C=O) groups excluding carboxylic acids is 2. The van der Waals surface area contributed by atoms with Gasteiger partial charge in [0.25, 0.3) is 5.91 Å². The van der Waals surface area contributed by atoms with Crippen LogP contribution in [0.5, 0.6) is 0 Å². The Hall–Kier alpha value is -1.50. The van der Waals surface area contributed by atoms with Crippen LogP contribution in [0.2, 0.25) is 0 Å². The molecule has 0 spiro atoms. The fraction of sp³-hybridized carbons (Fsp3) is 0.500. The molecule has 0 bridgehead atoms. The van der Waals surface area contributed by atoms with E-state index >= 15 is 0 Å². The molecule has 0 atom stereocenters. The molecular weight excluding hydrogens is 351 g/mol. The Labute approximate surface area is 154 Å². The maximum atomic E-state index is 12.6. The summed E-state index contributed by atoms with van der Waals surface area (Å²) in [7, 11) is 1.95. The van der Waals surface area contributed by atoms with Gasteiger partial charge < -0.3 is 20.9 Å². The number of hydrogen-bond acceptors (Lipinski definition) is 4. The molecule has 2 heterocycles. The summed E-state index contributed by atoms with van der Waals surface area (Å²) >= 11 is 0. The van der Waals surface area contributed by atoms with Crippen molar-refractivity contribution in [2.24, 2.45) is 5.73 Å². The zero-order chi connectivity index (χ0) is 15.7. The highest BCUT2D eigenvalue weighted by Gasteiger charge is 2.23. The van der Waals surface area contributed by atoms with Crippen LogP contribution < -0.4 is 16.0 Å². The molecule has 2 amide bonds. The number of fused-ring (bicyclic) bond motifs is 1. The number of halogens is 2. The molecule has 134 valence electrons. The maximum Gasteiger partial charge on any atom is 0.253 e. The fourth-order valence-electron chi connectivity index (χ4n) is 2.99. The van der Waals surface area contributed by atoms with E-state index in [9.17, 15) is 9.59 Å². The van der Waals surface area contributed by atoms with Crippen LogP contribution in [-0.2, 0) is 4.79 Å². The van der Waals surface area contributed by atoms with Gasteiger partial charge in [-0.15, -0.1) is 24.8 Å². The lowest BCUT2D eigenvalue weighted by atomic mass is 10.0. The summed E-state index contributed by atoms with van der Waals surface area (Å²) in [6.07, 6.45) is 2.14. The second-order valence-corrected chi connectivity index (χ2v) is 6.08. The first-order valence-corrected chi connectivity index (χ1v) is 7.74. The van der Waals surface area contributed by atoms with Gasteiger partial charge in [0.1, 0.15) is 0 Å². The van der Waals surface area contributed by atoms with Gasteiger partial charge in [-0.2, -0.15) is 0 Å². The summed E-state index contributed by atoms with van der Waals surface area (Å²) in [6.45, 7) is 2.07. The Bertz CT molecular complexity index is 604. The van der Waals surface area contributed by atoms with Crippen molar-refractivity contribution in [2.75, 3.05) is 36.9 Å². The third-order valence-electron chi connectivity index (χ3n) is 4.43. The standard InChI is InChI=1S/C16H22N4O2.2ClH/c1-19-7-6-15(21)18-13-10-11(2-3-14(13)19)16(22)20-8-4-12(17)5-9-20;;/h2-3,10,12H,4-9,17H2,1H3,(H,18,21);2*1H. The molecule has 8 heteroatoms. The average molecular weight is 375 g/mol. The van der Waals surface area contributed by atoms with Gasteiger partial charge in [0, 0.05) is 44.7 Å². The highest BCUT2D eigenvalue weighted by Crippen LogP contribution is 2.29. The zero-order valence-corrected chi connectivity index (χ0v) is 15.3. The summed E-state index contributed by atoms with van der Waals surface area (Å²) in [4.78, 5) is 28.2. The van der Waals surface area contributed by atoms with Gasteiger partial charge in [0.15, 0.2) is 0 Å². The molecule has 1 aromatic rings. The van der Waals surface area contributed by atoms with Crippen LogP contribution >= 0.6 is 24.8 Å². The third-order valence-corrected chi connectivity index (χ3v) is 4.43. The molecule has 3 rings (SSSR count). The molecule has 1 fully saturated rings. The first-order valence-electron chi connectivity index (χ1n) is 7.74. The summed E-state index contributed by atoms with van der Waals surface area (Å²) in [6, 6.07) is 5.73. The Kier molecular flexibility index (Phi) is 7.32. The van der Waals surface area contributed by atoms with Crippen LogP contribution in [0.15, 0.2) is 18.2 Å². The molecule has 0 saturated carbocycles. The van der Waals surface area contributed by atoms with Gasteiger partial charge in [-0.1, -0.05) is 0 Å². The minimum Gasteiger partial charge on any atom is -0.372 e. The van der Waals surface area contributed by atoms with E-state index < -0.39 is 0 Å². The molecule has 1 aromatic carbocycles. The first kappa shape index (κ1) is 20.5. The number of rotatable bonds is 1. The number of carbonyl (C=O) groups is 2. The molecular formula is C16H24Cl2N4O2. The number of anilines is 2. The Morgan fingerprint density at radius 2 is 1.88 bits per heavy atom. The molecule has 0 aliphatic carbocycles. The van der Waals surface area contributed by atoms with E-state index in [0.29, 0.717) is 37.3 Å². The number of nitrogens with zero attached hydrogens (tertiary/aromatic N) is 2. The number of benzene rings is 1. The number of nitrogens with two attached hydrogens (primary N) is 1. The minimum absolute atomic E-state index is 0. The van der Waals surface area contributed by atoms with Gasteiger partial charge in [0.05, 0.1) is 11.4 Å². The molecule has 2 aliphatic rings. The maximum absolute atomic E-state index is 12.6. The van der Waals surface area contributed by atoms with Crippen LogP contribution in [0, 0.1) is 0 Å². The SMILES string of the molecule is CN1CCC(=O)Nc2cc(C(=O)N3CCC(N)CC3)ccc21.Cl.Cl. The second kappa shape index (κ2) is 8.55. The monoisotopic (exact) mass is 374 g/mol. The number of hydrogen-bond donors (Lipinski definition) is 2. The van der Waals surface area contributed by atoms with E-state index in [2.05, 4.69) is 5.32 Å². The van der Waals surface area contributed by atoms with Gasteiger partial charge in [-0.3, -0.25) is 9.59 Å². The van der Waals surface area contributed by atoms with Gasteiger partial charge in [0.2, 0.25) is 5.91 Å². The van der Waals surface area contributed by atoms with Crippen LogP contribution in [-0.4, -0.2) is 49.4 Å². The van der Waals surface area contributed by atoms with E-state index in [4.69, 9.17) is 5.73 Å². The fourth-order valence-corrected chi connectivity index (χ4v) is 2.99. The molecule has 0 radical (unpaired) electrons. The molecule has 24 heavy (non-hydrogen) atoms. The number of amides is 2. The predicted octanol–water partition coefficient (Wildman–Crippen LogP) is 1.87. The summed E-state index contributed by atoms with van der Waals surface area (Å²) < 4.78 is 0. The van der Waals surface area contributed by atoms with Crippen molar-refractivity contribution < 1.29 is 9.59 Å². The smallest absolute Gasteiger partial charge is 0.253 e. The summed E-state index contributed by atoms with van der Waals surface area (Å²) in [5.41, 5.74) is 8.16. The van der Waals surface area contributed by atoms with Crippen molar-refractivity contribution in [3.63, 3.8) is 0 Å². The van der Waals surface area contributed by atoms with Crippen molar-refractivity contribution in [2.45, 2.75) is 25.3 Å². The zero-order valence-electron chi connectivity index (χ0n) is 13.7. The quantitative estimate of drug-likeness (QED) is 0.786. The Balaban J connectivity index is 0.00000144. The van der Waals surface area contributed by atoms with E-state index in [1.54, 1.807) is 6.07 Å². The van der Waals surface area contributed by atoms with Gasteiger partial charge >= 0.3 is 0 Å². The largest absolute Gasteiger partial charge is 0.372 e. The average Bonchev–Trinajstić information content (AvgIpc) is 2.66. The van der Waals surface area contributed by atoms with Crippen molar-refractivity contribution in [1.82, 2.24) is 4.90 Å². The van der Waals surface area contributed by atoms with Crippen LogP contribution in [0.3, 0.4) is 0 Å². The lowest BCUT2D eigenvalue weighted by Crippen LogP contribution is -2.42. The highest BCUT2D eigenvalue weighted by molar-refractivity contribution is 6.00. The molecule has 0 aromatic heterocycles. The highest BCUT2D eigenvalue weighted by atomic mass is 35.5. The van der Waals surface area contributed by atoms with E-state index in [1.165, 1.54) is 0 Å². The lowest BCUT2D eigenvalue weighted by Gasteiger charge is -2.30. The van der Waals surface area contributed by atoms with Crippen LogP contribution in [0.1, 0.15) is 29.6 Å². The number of piperidine rings is 1. The van der Waals surface area contributed by atoms with Gasteiger partial charge in [-0.25, -0.2) is 0 Å². The summed E-state index contributed by atoms with van der Waals surface area (Å²) in [5.74, 6) is -0.00464. The number of nitrogens with one attached hydrogen (secondary N) is 1. The van der Waals surface area contributed by atoms with E-state index in [-0.39, 0.29) is 42.7 Å². The van der Waals surface area contributed by atoms with E-state index in [0.717, 1.165) is 18.5 Å². The lowest BCUT2D eigenvalue weighted by molar-refractivity contribution is -0.115. The molecule has 3 N–H and O–H groups in total.